The van der Waals surface area contributed by atoms with Crippen LogP contribution in [0.15, 0.2) is 18.2 Å². The normalized spacial score (nSPS) is 15.3. The molecule has 13 heavy (non-hydrogen) atoms. The number of halogens is 1. The summed E-state index contributed by atoms with van der Waals surface area (Å²) in [5, 5.41) is 6.16. The summed E-state index contributed by atoms with van der Waals surface area (Å²) in [6.07, 6.45) is 0.814. The Balaban J connectivity index is 2.40. The minimum atomic E-state index is -0.152. The molecule has 0 aliphatic carbocycles. The summed E-state index contributed by atoms with van der Waals surface area (Å²) in [5.41, 5.74) is 1.92. The molecule has 1 aliphatic rings. The van der Waals surface area contributed by atoms with Gasteiger partial charge in [-0.25, -0.2) is 4.79 Å². The Morgan fingerprint density at radius 1 is 1.38 bits per heavy atom. The van der Waals surface area contributed by atoms with Crippen LogP contribution in [0.2, 0.25) is 5.02 Å². The third-order valence-electron chi connectivity index (χ3n) is 2.00. The minimum Gasteiger partial charge on any atom is -0.338 e. The highest BCUT2D eigenvalue weighted by molar-refractivity contribution is 6.30. The van der Waals surface area contributed by atoms with Crippen LogP contribution in [-0.2, 0) is 6.42 Å². The van der Waals surface area contributed by atoms with E-state index in [9.17, 15) is 4.79 Å². The lowest BCUT2D eigenvalue weighted by Crippen LogP contribution is -2.27. The van der Waals surface area contributed by atoms with E-state index in [1.54, 1.807) is 6.07 Å². The van der Waals surface area contributed by atoms with Crippen LogP contribution in [0.3, 0.4) is 0 Å². The summed E-state index contributed by atoms with van der Waals surface area (Å²) in [7, 11) is 0. The maximum atomic E-state index is 11.1. The van der Waals surface area contributed by atoms with Crippen molar-refractivity contribution >= 4 is 23.3 Å². The van der Waals surface area contributed by atoms with E-state index in [1.807, 2.05) is 12.1 Å². The van der Waals surface area contributed by atoms with Crippen LogP contribution in [0.25, 0.3) is 0 Å². The van der Waals surface area contributed by atoms with Crippen molar-refractivity contribution in [3.8, 4) is 0 Å². The number of carbonyl (C=O) groups is 1. The smallest absolute Gasteiger partial charge is 0.319 e. The van der Waals surface area contributed by atoms with E-state index in [0.717, 1.165) is 17.7 Å². The van der Waals surface area contributed by atoms with Gasteiger partial charge in [0.15, 0.2) is 0 Å². The summed E-state index contributed by atoms with van der Waals surface area (Å²) in [4.78, 5) is 11.1. The lowest BCUT2D eigenvalue weighted by molar-refractivity contribution is 0.252. The molecule has 0 saturated heterocycles. The number of fused-ring (bicyclic) bond motifs is 1. The molecule has 0 saturated carbocycles. The SMILES string of the molecule is O=C1NCCc2cc(Cl)ccc2N1. The van der Waals surface area contributed by atoms with Gasteiger partial charge in [0.1, 0.15) is 0 Å². The number of hydrogen-bond donors (Lipinski definition) is 2. The van der Waals surface area contributed by atoms with Gasteiger partial charge in [-0.15, -0.1) is 0 Å². The Morgan fingerprint density at radius 2 is 2.23 bits per heavy atom. The molecule has 0 unspecified atom stereocenters. The first-order valence-electron chi connectivity index (χ1n) is 4.09. The standard InChI is InChI=1S/C9H9ClN2O/c10-7-1-2-8-6(5-7)3-4-11-9(13)12-8/h1-2,5H,3-4H2,(H2,11,12,13). The molecule has 0 bridgehead atoms. The summed E-state index contributed by atoms with van der Waals surface area (Å²) >= 11 is 5.83. The second kappa shape index (κ2) is 3.26. The van der Waals surface area contributed by atoms with Crippen LogP contribution in [0, 0.1) is 0 Å². The van der Waals surface area contributed by atoms with Gasteiger partial charge in [-0.2, -0.15) is 0 Å². The zero-order valence-corrected chi connectivity index (χ0v) is 7.69. The molecule has 1 aromatic carbocycles. The van der Waals surface area contributed by atoms with Crippen molar-refractivity contribution in [3.63, 3.8) is 0 Å². The van der Waals surface area contributed by atoms with Gasteiger partial charge in [0, 0.05) is 17.3 Å². The van der Waals surface area contributed by atoms with E-state index >= 15 is 0 Å². The van der Waals surface area contributed by atoms with Crippen LogP contribution in [0.5, 0.6) is 0 Å². The first kappa shape index (κ1) is 8.38. The number of amides is 2. The summed E-state index contributed by atoms with van der Waals surface area (Å²) < 4.78 is 0. The summed E-state index contributed by atoms with van der Waals surface area (Å²) in [5.74, 6) is 0. The molecule has 0 fully saturated rings. The van der Waals surface area contributed by atoms with E-state index < -0.39 is 0 Å². The predicted molar refractivity (Wildman–Crippen MR) is 52.2 cm³/mol. The summed E-state index contributed by atoms with van der Waals surface area (Å²) in [6.45, 7) is 0.652. The molecule has 4 heteroatoms. The average Bonchev–Trinajstić information content (AvgIpc) is 2.25. The Hall–Kier alpha value is -1.22. The van der Waals surface area contributed by atoms with Gasteiger partial charge >= 0.3 is 6.03 Å². The molecule has 2 amide bonds. The highest BCUT2D eigenvalue weighted by Crippen LogP contribution is 2.22. The lowest BCUT2D eigenvalue weighted by atomic mass is 10.1. The van der Waals surface area contributed by atoms with Crippen molar-refractivity contribution in [2.24, 2.45) is 0 Å². The van der Waals surface area contributed by atoms with Gasteiger partial charge in [0.05, 0.1) is 0 Å². The minimum absolute atomic E-state index is 0.152. The topological polar surface area (TPSA) is 41.1 Å². The molecule has 0 spiro atoms. The van der Waals surface area contributed by atoms with Crippen LogP contribution < -0.4 is 10.6 Å². The monoisotopic (exact) mass is 196 g/mol. The zero-order chi connectivity index (χ0) is 9.26. The fourth-order valence-electron chi connectivity index (χ4n) is 1.37. The molecule has 0 atom stereocenters. The van der Waals surface area contributed by atoms with Gasteiger partial charge < -0.3 is 10.6 Å². The average molecular weight is 197 g/mol. The summed E-state index contributed by atoms with van der Waals surface area (Å²) in [6, 6.07) is 5.32. The number of anilines is 1. The maximum absolute atomic E-state index is 11.1. The van der Waals surface area contributed by atoms with Crippen molar-refractivity contribution < 1.29 is 4.79 Å². The molecule has 2 N–H and O–H groups in total. The number of rotatable bonds is 0. The van der Waals surface area contributed by atoms with Crippen LogP contribution in [0.1, 0.15) is 5.56 Å². The van der Waals surface area contributed by atoms with E-state index in [0.29, 0.717) is 11.6 Å². The number of carbonyl (C=O) groups excluding carboxylic acids is 1. The number of hydrogen-bond acceptors (Lipinski definition) is 1. The highest BCUT2D eigenvalue weighted by atomic mass is 35.5. The van der Waals surface area contributed by atoms with Gasteiger partial charge in [-0.1, -0.05) is 11.6 Å². The second-order valence-corrected chi connectivity index (χ2v) is 3.37. The molecule has 0 aromatic heterocycles. The Labute approximate surface area is 81.1 Å². The molecule has 0 radical (unpaired) electrons. The third-order valence-corrected chi connectivity index (χ3v) is 2.23. The first-order valence-corrected chi connectivity index (χ1v) is 4.47. The molecule has 1 heterocycles. The van der Waals surface area contributed by atoms with E-state index in [1.165, 1.54) is 0 Å². The van der Waals surface area contributed by atoms with E-state index in [-0.39, 0.29) is 6.03 Å². The Kier molecular flexibility index (Phi) is 2.10. The lowest BCUT2D eigenvalue weighted by Gasteiger charge is -2.04. The zero-order valence-electron chi connectivity index (χ0n) is 6.93. The Bertz CT molecular complexity index is 351. The molecular weight excluding hydrogens is 188 g/mol. The largest absolute Gasteiger partial charge is 0.338 e. The van der Waals surface area contributed by atoms with Gasteiger partial charge in [-0.3, -0.25) is 0 Å². The molecule has 3 nitrogen and oxygen atoms in total. The van der Waals surface area contributed by atoms with Crippen LogP contribution in [-0.4, -0.2) is 12.6 Å². The fraction of sp³-hybridized carbons (Fsp3) is 0.222. The van der Waals surface area contributed by atoms with Gasteiger partial charge in [0.2, 0.25) is 0 Å². The van der Waals surface area contributed by atoms with Crippen LogP contribution in [0.4, 0.5) is 10.5 Å². The number of benzene rings is 1. The number of urea groups is 1. The van der Waals surface area contributed by atoms with E-state index in [4.69, 9.17) is 11.6 Å². The maximum Gasteiger partial charge on any atom is 0.319 e. The molecule has 1 aliphatic heterocycles. The van der Waals surface area contributed by atoms with Crippen LogP contribution >= 0.6 is 11.6 Å². The number of nitrogens with one attached hydrogen (secondary N) is 2. The second-order valence-electron chi connectivity index (χ2n) is 2.93. The molecule has 2 rings (SSSR count). The van der Waals surface area contributed by atoms with Crippen molar-refractivity contribution in [3.05, 3.63) is 28.8 Å². The Morgan fingerprint density at radius 3 is 3.08 bits per heavy atom. The highest BCUT2D eigenvalue weighted by Gasteiger charge is 2.11. The van der Waals surface area contributed by atoms with E-state index in [2.05, 4.69) is 10.6 Å². The molecular formula is C9H9ClN2O. The van der Waals surface area contributed by atoms with Crippen molar-refractivity contribution in [2.45, 2.75) is 6.42 Å². The van der Waals surface area contributed by atoms with Gasteiger partial charge in [-0.05, 0) is 30.2 Å². The fourth-order valence-corrected chi connectivity index (χ4v) is 1.56. The van der Waals surface area contributed by atoms with Gasteiger partial charge in [0.25, 0.3) is 0 Å². The molecule has 1 aromatic rings. The van der Waals surface area contributed by atoms with Crippen molar-refractivity contribution in [2.75, 3.05) is 11.9 Å². The quantitative estimate of drug-likeness (QED) is 0.655. The molecule has 68 valence electrons. The third kappa shape index (κ3) is 1.75. The first-order chi connectivity index (χ1) is 6.25. The van der Waals surface area contributed by atoms with Crippen molar-refractivity contribution in [1.29, 1.82) is 0 Å². The van der Waals surface area contributed by atoms with Crippen molar-refractivity contribution in [1.82, 2.24) is 5.32 Å². The predicted octanol–water partition coefficient (Wildman–Crippen LogP) is 2.02.